The summed E-state index contributed by atoms with van der Waals surface area (Å²) in [6, 6.07) is 12.2. The van der Waals surface area contributed by atoms with Crippen LogP contribution in [0.1, 0.15) is 41.0 Å². The quantitative estimate of drug-likeness (QED) is 0.764. The van der Waals surface area contributed by atoms with Crippen molar-refractivity contribution in [2.75, 3.05) is 0 Å². The molecule has 0 aliphatic carbocycles. The van der Waals surface area contributed by atoms with E-state index in [1.807, 2.05) is 44.2 Å². The average molecular weight is 405 g/mol. The fraction of sp³-hybridized carbons (Fsp3) is 0.429. The molecule has 6 nitrogen and oxygen atoms in total. The molecule has 2 amide bonds. The number of ether oxygens (including phenoxy) is 1. The molecule has 7 heteroatoms. The van der Waals surface area contributed by atoms with Crippen molar-refractivity contribution < 1.29 is 18.5 Å². The minimum absolute atomic E-state index is 0.152. The van der Waals surface area contributed by atoms with E-state index in [1.165, 1.54) is 0 Å². The molecule has 2 rings (SSSR count). The summed E-state index contributed by atoms with van der Waals surface area (Å²) in [5, 5.41) is 4.57. The van der Waals surface area contributed by atoms with Crippen LogP contribution in [0.5, 0.6) is 0 Å². The number of carbonyl (C=O) groups excluding carboxylic acids is 2. The van der Waals surface area contributed by atoms with Crippen LogP contribution < -0.4 is 10.0 Å². The summed E-state index contributed by atoms with van der Waals surface area (Å²) < 4.78 is 20.4. The summed E-state index contributed by atoms with van der Waals surface area (Å²) in [6.07, 6.45) is -0.0133. The van der Waals surface area contributed by atoms with E-state index < -0.39 is 34.6 Å². The van der Waals surface area contributed by atoms with Crippen molar-refractivity contribution in [2.24, 2.45) is 5.92 Å². The Morgan fingerprint density at radius 2 is 1.75 bits per heavy atom. The molecule has 0 radical (unpaired) electrons. The lowest BCUT2D eigenvalue weighted by atomic mass is 9.99. The summed E-state index contributed by atoms with van der Waals surface area (Å²) >= 11 is 0. The molecular formula is C21H28N2O4S. The van der Waals surface area contributed by atoms with E-state index in [0.29, 0.717) is 11.3 Å². The van der Waals surface area contributed by atoms with Crippen LogP contribution >= 0.6 is 0 Å². The molecule has 0 saturated carbocycles. The van der Waals surface area contributed by atoms with E-state index in [9.17, 15) is 13.8 Å². The highest BCUT2D eigenvalue weighted by Crippen LogP contribution is 2.18. The van der Waals surface area contributed by atoms with Crippen molar-refractivity contribution in [3.8, 4) is 0 Å². The highest BCUT2D eigenvalue weighted by atomic mass is 32.2. The standard InChI is InChI=1S/C21H28N2O4S/c1-6-14(2)18(22-20(25)27-21(3,4)5)19(24)23-28(26)17-12-11-15-9-7-8-10-16(15)13-17/h7-14,18H,6H2,1-5H3,(H,22,25)(H,23,24)/t14-,18-,28?/m0/s1. The number of carbonyl (C=O) groups is 2. The van der Waals surface area contributed by atoms with Crippen LogP contribution in [0, 0.1) is 5.92 Å². The summed E-state index contributed by atoms with van der Waals surface area (Å²) in [6.45, 7) is 9.02. The molecule has 2 aromatic rings. The van der Waals surface area contributed by atoms with Crippen LogP contribution in [-0.4, -0.2) is 27.9 Å². The van der Waals surface area contributed by atoms with Gasteiger partial charge < -0.3 is 10.1 Å². The number of amides is 2. The first-order valence-corrected chi connectivity index (χ1v) is 10.5. The fourth-order valence-corrected chi connectivity index (χ4v) is 3.49. The van der Waals surface area contributed by atoms with Crippen LogP contribution in [0.4, 0.5) is 4.79 Å². The van der Waals surface area contributed by atoms with Gasteiger partial charge in [0.1, 0.15) is 11.6 Å². The van der Waals surface area contributed by atoms with Crippen LogP contribution in [0.2, 0.25) is 0 Å². The zero-order valence-electron chi connectivity index (χ0n) is 16.9. The molecule has 152 valence electrons. The Hall–Kier alpha value is -2.41. The second-order valence-corrected chi connectivity index (χ2v) is 8.97. The molecule has 0 aliphatic heterocycles. The van der Waals surface area contributed by atoms with Crippen molar-refractivity contribution >= 4 is 33.8 Å². The molecule has 2 aromatic carbocycles. The second kappa shape index (κ2) is 9.19. The highest BCUT2D eigenvalue weighted by molar-refractivity contribution is 7.83. The van der Waals surface area contributed by atoms with Crippen LogP contribution in [0.25, 0.3) is 10.8 Å². The largest absolute Gasteiger partial charge is 0.444 e. The molecule has 0 heterocycles. The second-order valence-electron chi connectivity index (χ2n) is 7.75. The van der Waals surface area contributed by atoms with Gasteiger partial charge in [0.25, 0.3) is 5.91 Å². The summed E-state index contributed by atoms with van der Waals surface area (Å²) in [4.78, 5) is 25.3. The fourth-order valence-electron chi connectivity index (χ4n) is 2.63. The Labute approximate surface area is 168 Å². The molecule has 3 atom stereocenters. The number of fused-ring (bicyclic) bond motifs is 1. The van der Waals surface area contributed by atoms with Gasteiger partial charge in [0.15, 0.2) is 11.0 Å². The van der Waals surface area contributed by atoms with Crippen molar-refractivity contribution in [1.82, 2.24) is 10.0 Å². The third kappa shape index (κ3) is 6.05. The predicted molar refractivity (Wildman–Crippen MR) is 111 cm³/mol. The third-order valence-electron chi connectivity index (χ3n) is 4.30. The molecule has 28 heavy (non-hydrogen) atoms. The van der Waals surface area contributed by atoms with E-state index in [-0.39, 0.29) is 5.92 Å². The number of hydrogen-bond acceptors (Lipinski definition) is 4. The zero-order valence-corrected chi connectivity index (χ0v) is 17.8. The van der Waals surface area contributed by atoms with Crippen LogP contribution in [-0.2, 0) is 20.5 Å². The molecule has 1 unspecified atom stereocenters. The average Bonchev–Trinajstić information content (AvgIpc) is 2.63. The summed E-state index contributed by atoms with van der Waals surface area (Å²) in [5.74, 6) is -0.659. The maximum absolute atomic E-state index is 12.7. The molecule has 2 N–H and O–H groups in total. The van der Waals surface area contributed by atoms with Gasteiger partial charge >= 0.3 is 6.09 Å². The van der Waals surface area contributed by atoms with Gasteiger partial charge in [0.2, 0.25) is 0 Å². The highest BCUT2D eigenvalue weighted by Gasteiger charge is 2.29. The number of nitrogens with one attached hydrogen (secondary N) is 2. The maximum atomic E-state index is 12.7. The molecule has 0 saturated heterocycles. The molecule has 0 aromatic heterocycles. The van der Waals surface area contributed by atoms with Gasteiger partial charge in [0, 0.05) is 0 Å². The first kappa shape index (κ1) is 21.9. The predicted octanol–water partition coefficient (Wildman–Crippen LogP) is 3.92. The van der Waals surface area contributed by atoms with E-state index in [2.05, 4.69) is 10.0 Å². The number of alkyl carbamates (subject to hydrolysis) is 1. The smallest absolute Gasteiger partial charge is 0.408 e. The van der Waals surface area contributed by atoms with Crippen molar-refractivity contribution in [1.29, 1.82) is 0 Å². The van der Waals surface area contributed by atoms with Gasteiger partial charge in [-0.3, -0.25) is 9.52 Å². The Morgan fingerprint density at radius 3 is 2.36 bits per heavy atom. The summed E-state index contributed by atoms with van der Waals surface area (Å²) in [7, 11) is -1.73. The van der Waals surface area contributed by atoms with E-state index in [0.717, 1.165) is 10.8 Å². The van der Waals surface area contributed by atoms with Crippen LogP contribution in [0.3, 0.4) is 0 Å². The van der Waals surface area contributed by atoms with Crippen LogP contribution in [0.15, 0.2) is 47.4 Å². The van der Waals surface area contributed by atoms with E-state index in [4.69, 9.17) is 4.74 Å². The first-order chi connectivity index (χ1) is 13.1. The number of benzene rings is 2. The topological polar surface area (TPSA) is 84.5 Å². The van der Waals surface area contributed by atoms with Gasteiger partial charge in [-0.2, -0.15) is 0 Å². The normalized spacial score (nSPS) is 14.8. The summed E-state index contributed by atoms with van der Waals surface area (Å²) in [5.41, 5.74) is -0.672. The minimum Gasteiger partial charge on any atom is -0.444 e. The Morgan fingerprint density at radius 1 is 1.11 bits per heavy atom. The Balaban J connectivity index is 2.12. The number of rotatable bonds is 6. The molecule has 0 aliphatic rings. The molecule has 0 spiro atoms. The van der Waals surface area contributed by atoms with E-state index in [1.54, 1.807) is 32.9 Å². The Bertz CT molecular complexity index is 876. The monoisotopic (exact) mass is 404 g/mol. The maximum Gasteiger partial charge on any atom is 0.408 e. The molecule has 0 fully saturated rings. The van der Waals surface area contributed by atoms with Gasteiger partial charge in [-0.05, 0) is 49.6 Å². The Kier molecular flexibility index (Phi) is 7.18. The van der Waals surface area contributed by atoms with Crippen molar-refractivity contribution in [3.05, 3.63) is 42.5 Å². The van der Waals surface area contributed by atoms with Gasteiger partial charge in [-0.15, -0.1) is 0 Å². The first-order valence-electron chi connectivity index (χ1n) is 9.31. The van der Waals surface area contributed by atoms with Crippen molar-refractivity contribution in [3.63, 3.8) is 0 Å². The molecular weight excluding hydrogens is 376 g/mol. The van der Waals surface area contributed by atoms with Gasteiger partial charge in [-0.1, -0.05) is 50.6 Å². The zero-order chi connectivity index (χ0) is 20.9. The SMILES string of the molecule is CC[C@H](C)[C@H](NC(=O)OC(C)(C)C)C(=O)NS(=O)c1ccc2ccccc2c1. The lowest BCUT2D eigenvalue weighted by molar-refractivity contribution is -0.122. The lowest BCUT2D eigenvalue weighted by Gasteiger charge is -2.26. The van der Waals surface area contributed by atoms with Crippen molar-refractivity contribution in [2.45, 2.75) is 57.6 Å². The van der Waals surface area contributed by atoms with Gasteiger partial charge in [0.05, 0.1) is 4.90 Å². The lowest BCUT2D eigenvalue weighted by Crippen LogP contribution is -2.51. The van der Waals surface area contributed by atoms with Gasteiger partial charge in [-0.25, -0.2) is 9.00 Å². The molecule has 0 bridgehead atoms. The minimum atomic E-state index is -1.73. The third-order valence-corrected chi connectivity index (χ3v) is 5.36. The van der Waals surface area contributed by atoms with E-state index >= 15 is 0 Å². The number of hydrogen-bond donors (Lipinski definition) is 2.